The third-order valence-electron chi connectivity index (χ3n) is 3.83. The van der Waals surface area contributed by atoms with Crippen molar-refractivity contribution in [2.75, 3.05) is 0 Å². The predicted octanol–water partition coefficient (Wildman–Crippen LogP) is 4.93. The summed E-state index contributed by atoms with van der Waals surface area (Å²) < 4.78 is 0. The third-order valence-corrected chi connectivity index (χ3v) is 3.83. The molecule has 17 heavy (non-hydrogen) atoms. The van der Waals surface area contributed by atoms with Gasteiger partial charge in [-0.3, -0.25) is 4.79 Å². The first-order valence-corrected chi connectivity index (χ1v) is 6.55. The summed E-state index contributed by atoms with van der Waals surface area (Å²) in [5.74, 6) is 0.199. The Labute approximate surface area is 107 Å². The van der Waals surface area contributed by atoms with Crippen LogP contribution in [0.2, 0.25) is 0 Å². The summed E-state index contributed by atoms with van der Waals surface area (Å²) in [4.78, 5) is 11.8. The zero-order chi connectivity index (χ0) is 13.7. The van der Waals surface area contributed by atoms with Crippen LogP contribution in [0.5, 0.6) is 0 Å². The van der Waals surface area contributed by atoms with Gasteiger partial charge in [0.2, 0.25) is 0 Å². The molecule has 0 aromatic heterocycles. The molecule has 98 valence electrons. The number of hydrogen-bond donors (Lipinski definition) is 0. The highest BCUT2D eigenvalue weighted by Crippen LogP contribution is 2.30. The van der Waals surface area contributed by atoms with E-state index >= 15 is 0 Å². The molecule has 0 fully saturated rings. The van der Waals surface area contributed by atoms with E-state index in [1.54, 1.807) is 6.08 Å². The first-order valence-electron chi connectivity index (χ1n) is 6.55. The van der Waals surface area contributed by atoms with Crippen molar-refractivity contribution in [2.45, 2.75) is 60.8 Å². The summed E-state index contributed by atoms with van der Waals surface area (Å²) in [6, 6.07) is 0. The van der Waals surface area contributed by atoms with Gasteiger partial charge >= 0.3 is 0 Å². The van der Waals surface area contributed by atoms with Crippen LogP contribution in [0.15, 0.2) is 24.3 Å². The van der Waals surface area contributed by atoms with Crippen molar-refractivity contribution >= 4 is 5.78 Å². The second kappa shape index (κ2) is 6.18. The average molecular weight is 236 g/mol. The van der Waals surface area contributed by atoms with Crippen LogP contribution in [0.1, 0.15) is 60.8 Å². The highest BCUT2D eigenvalue weighted by molar-refractivity contribution is 5.90. The molecule has 0 saturated carbocycles. The third kappa shape index (κ3) is 5.86. The molecule has 0 bridgehead atoms. The van der Waals surface area contributed by atoms with Gasteiger partial charge in [0, 0.05) is 6.42 Å². The number of allylic oxidation sites excluding steroid dienone is 3. The molecular weight excluding hydrogens is 208 g/mol. The summed E-state index contributed by atoms with van der Waals surface area (Å²) in [5.41, 5.74) is 1.21. The van der Waals surface area contributed by atoms with Gasteiger partial charge in [-0.2, -0.15) is 0 Å². The fraction of sp³-hybridized carbons (Fsp3) is 0.688. The van der Waals surface area contributed by atoms with E-state index in [1.165, 1.54) is 0 Å². The number of rotatable bonds is 7. The van der Waals surface area contributed by atoms with Crippen molar-refractivity contribution in [3.63, 3.8) is 0 Å². The van der Waals surface area contributed by atoms with E-state index < -0.39 is 0 Å². The number of hydrogen-bond acceptors (Lipinski definition) is 1. The molecular formula is C16H28O. The second-order valence-electron chi connectivity index (χ2n) is 6.26. The SMILES string of the molecule is C=C(C=CC(=O)CC(C)(C)CC)C(C)(C)CC. The van der Waals surface area contributed by atoms with E-state index in [9.17, 15) is 4.79 Å². The largest absolute Gasteiger partial charge is 0.295 e. The van der Waals surface area contributed by atoms with Crippen molar-refractivity contribution in [3.8, 4) is 0 Å². The minimum absolute atomic E-state index is 0.0804. The van der Waals surface area contributed by atoms with E-state index in [2.05, 4.69) is 48.1 Å². The minimum atomic E-state index is 0.0804. The molecule has 0 heterocycles. The summed E-state index contributed by atoms with van der Waals surface area (Å²) in [5, 5.41) is 0. The molecule has 0 aromatic carbocycles. The highest BCUT2D eigenvalue weighted by atomic mass is 16.1. The Bertz CT molecular complexity index is 305. The molecule has 0 saturated heterocycles. The molecule has 0 N–H and O–H groups in total. The average Bonchev–Trinajstić information content (AvgIpc) is 2.25. The maximum atomic E-state index is 11.8. The Morgan fingerprint density at radius 3 is 2.00 bits per heavy atom. The van der Waals surface area contributed by atoms with E-state index in [1.807, 2.05) is 6.08 Å². The molecule has 0 spiro atoms. The first-order chi connectivity index (χ1) is 7.64. The molecule has 0 aromatic rings. The minimum Gasteiger partial charge on any atom is -0.295 e. The van der Waals surface area contributed by atoms with E-state index in [4.69, 9.17) is 0 Å². The molecule has 0 atom stereocenters. The van der Waals surface area contributed by atoms with Gasteiger partial charge < -0.3 is 0 Å². The van der Waals surface area contributed by atoms with E-state index in [0.717, 1.165) is 18.4 Å². The Balaban J connectivity index is 4.46. The first kappa shape index (κ1) is 16.1. The molecule has 1 nitrogen and oxygen atoms in total. The smallest absolute Gasteiger partial charge is 0.156 e. The summed E-state index contributed by atoms with van der Waals surface area (Å²) >= 11 is 0. The molecule has 0 aliphatic carbocycles. The monoisotopic (exact) mass is 236 g/mol. The van der Waals surface area contributed by atoms with Gasteiger partial charge in [0.1, 0.15) is 0 Å². The standard InChI is InChI=1S/C16H28O/c1-8-15(4,5)12-14(17)11-10-13(3)16(6,7)9-2/h10-11H,3,8-9,12H2,1-2,4-7H3. The van der Waals surface area contributed by atoms with Gasteiger partial charge in [-0.25, -0.2) is 0 Å². The zero-order valence-corrected chi connectivity index (χ0v) is 12.4. The second-order valence-corrected chi connectivity index (χ2v) is 6.26. The van der Waals surface area contributed by atoms with Crippen molar-refractivity contribution < 1.29 is 4.79 Å². The molecule has 0 aliphatic heterocycles. The molecule has 0 amide bonds. The van der Waals surface area contributed by atoms with Gasteiger partial charge in [0.15, 0.2) is 5.78 Å². The topological polar surface area (TPSA) is 17.1 Å². The molecule has 1 heteroatoms. The maximum Gasteiger partial charge on any atom is 0.156 e. The van der Waals surface area contributed by atoms with Crippen molar-refractivity contribution in [1.82, 2.24) is 0 Å². The van der Waals surface area contributed by atoms with Crippen molar-refractivity contribution in [3.05, 3.63) is 24.3 Å². The molecule has 0 rings (SSSR count). The Kier molecular flexibility index (Phi) is 5.87. The fourth-order valence-corrected chi connectivity index (χ4v) is 1.30. The van der Waals surface area contributed by atoms with Gasteiger partial charge in [-0.15, -0.1) is 0 Å². The van der Waals surface area contributed by atoms with Gasteiger partial charge in [-0.05, 0) is 28.9 Å². The van der Waals surface area contributed by atoms with Crippen LogP contribution in [-0.4, -0.2) is 5.78 Å². The number of ketones is 1. The van der Waals surface area contributed by atoms with Crippen molar-refractivity contribution in [2.24, 2.45) is 10.8 Å². The lowest BCUT2D eigenvalue weighted by atomic mass is 9.81. The summed E-state index contributed by atoms with van der Waals surface area (Å²) in [6.45, 7) is 16.9. The Hall–Kier alpha value is -0.850. The summed E-state index contributed by atoms with van der Waals surface area (Å²) in [7, 11) is 0. The number of carbonyl (C=O) groups is 1. The fourth-order valence-electron chi connectivity index (χ4n) is 1.30. The zero-order valence-electron chi connectivity index (χ0n) is 12.4. The lowest BCUT2D eigenvalue weighted by molar-refractivity contribution is -0.116. The molecule has 0 unspecified atom stereocenters. The van der Waals surface area contributed by atoms with Gasteiger partial charge in [0.25, 0.3) is 0 Å². The van der Waals surface area contributed by atoms with Crippen LogP contribution < -0.4 is 0 Å². The van der Waals surface area contributed by atoms with Crippen LogP contribution in [-0.2, 0) is 4.79 Å². The highest BCUT2D eigenvalue weighted by Gasteiger charge is 2.19. The van der Waals surface area contributed by atoms with Crippen LogP contribution in [0.25, 0.3) is 0 Å². The lowest BCUT2D eigenvalue weighted by Gasteiger charge is -2.23. The van der Waals surface area contributed by atoms with Gasteiger partial charge in [-0.1, -0.05) is 60.6 Å². The van der Waals surface area contributed by atoms with Gasteiger partial charge in [0.05, 0.1) is 0 Å². The quantitative estimate of drug-likeness (QED) is 0.452. The van der Waals surface area contributed by atoms with Crippen LogP contribution in [0.4, 0.5) is 0 Å². The van der Waals surface area contributed by atoms with Crippen LogP contribution >= 0.6 is 0 Å². The molecule has 0 radical (unpaired) electrons. The Morgan fingerprint density at radius 2 is 1.59 bits per heavy atom. The van der Waals surface area contributed by atoms with E-state index in [-0.39, 0.29) is 16.6 Å². The van der Waals surface area contributed by atoms with Crippen LogP contribution in [0, 0.1) is 10.8 Å². The number of carbonyl (C=O) groups excluding carboxylic acids is 1. The van der Waals surface area contributed by atoms with E-state index in [0.29, 0.717) is 6.42 Å². The maximum absolute atomic E-state index is 11.8. The predicted molar refractivity (Wildman–Crippen MR) is 76.0 cm³/mol. The molecule has 0 aliphatic rings. The lowest BCUT2D eigenvalue weighted by Crippen LogP contribution is -2.15. The van der Waals surface area contributed by atoms with Crippen molar-refractivity contribution in [1.29, 1.82) is 0 Å². The summed E-state index contributed by atoms with van der Waals surface area (Å²) in [6.07, 6.45) is 6.24. The normalized spacial score (nSPS) is 13.1. The Morgan fingerprint density at radius 1 is 1.06 bits per heavy atom. The van der Waals surface area contributed by atoms with Crippen LogP contribution in [0.3, 0.4) is 0 Å².